The van der Waals surface area contributed by atoms with Gasteiger partial charge in [0.2, 0.25) is 0 Å². The van der Waals surface area contributed by atoms with Crippen molar-refractivity contribution in [1.29, 1.82) is 0 Å². The van der Waals surface area contributed by atoms with E-state index in [9.17, 15) is 0 Å². The summed E-state index contributed by atoms with van der Waals surface area (Å²) in [6, 6.07) is 2.35. The largest absolute Gasteiger partial charge is 0.139 e. The van der Waals surface area contributed by atoms with Crippen molar-refractivity contribution in [2.75, 3.05) is 0 Å². The summed E-state index contributed by atoms with van der Waals surface area (Å²) in [4.78, 5) is 6.03. The predicted molar refractivity (Wildman–Crippen MR) is 64.6 cm³/mol. The highest BCUT2D eigenvalue weighted by molar-refractivity contribution is 7.22. The first-order valence-electron chi connectivity index (χ1n) is 4.85. The van der Waals surface area contributed by atoms with E-state index >= 15 is 0 Å². The van der Waals surface area contributed by atoms with Gasteiger partial charge in [-0.15, -0.1) is 22.7 Å². The maximum atomic E-state index is 2.35. The van der Waals surface area contributed by atoms with E-state index in [0.29, 0.717) is 0 Å². The van der Waals surface area contributed by atoms with Gasteiger partial charge in [0.05, 0.1) is 0 Å². The summed E-state index contributed by atoms with van der Waals surface area (Å²) in [6.07, 6.45) is 1.17. The van der Waals surface area contributed by atoms with Crippen LogP contribution in [0.25, 0.3) is 9.75 Å². The lowest BCUT2D eigenvalue weighted by molar-refractivity contribution is 1.22. The van der Waals surface area contributed by atoms with Crippen LogP contribution < -0.4 is 0 Å². The standard InChI is InChI=1S/C12H12S2/c1-6-4-9-5-10-7(2)8(3)14-12(10)11(9)13-6/h4H,5H2,1-3H3. The molecule has 0 saturated heterocycles. The maximum absolute atomic E-state index is 2.35. The second kappa shape index (κ2) is 2.71. The van der Waals surface area contributed by atoms with Gasteiger partial charge in [-0.1, -0.05) is 0 Å². The first-order valence-corrected chi connectivity index (χ1v) is 6.48. The summed E-state index contributed by atoms with van der Waals surface area (Å²) in [5.74, 6) is 0. The lowest BCUT2D eigenvalue weighted by Crippen LogP contribution is -1.81. The molecule has 0 radical (unpaired) electrons. The molecule has 72 valence electrons. The Morgan fingerprint density at radius 1 is 1.07 bits per heavy atom. The number of hydrogen-bond donors (Lipinski definition) is 0. The fourth-order valence-corrected chi connectivity index (χ4v) is 4.56. The molecule has 0 aromatic carbocycles. The van der Waals surface area contributed by atoms with Gasteiger partial charge < -0.3 is 0 Å². The monoisotopic (exact) mass is 220 g/mol. The van der Waals surface area contributed by atoms with Crippen LogP contribution in [0.5, 0.6) is 0 Å². The van der Waals surface area contributed by atoms with Gasteiger partial charge in [-0.25, -0.2) is 0 Å². The Hall–Kier alpha value is -0.600. The lowest BCUT2D eigenvalue weighted by Gasteiger charge is -1.93. The summed E-state index contributed by atoms with van der Waals surface area (Å²) in [7, 11) is 0. The van der Waals surface area contributed by atoms with E-state index in [1.165, 1.54) is 21.7 Å². The molecule has 2 aromatic heterocycles. The van der Waals surface area contributed by atoms with Crippen LogP contribution >= 0.6 is 22.7 Å². The van der Waals surface area contributed by atoms with E-state index in [0.717, 1.165) is 0 Å². The molecule has 0 bridgehead atoms. The van der Waals surface area contributed by atoms with Crippen LogP contribution in [-0.4, -0.2) is 0 Å². The molecular weight excluding hydrogens is 208 g/mol. The fourth-order valence-electron chi connectivity index (χ4n) is 2.15. The second-order valence-corrected chi connectivity index (χ2v) is 6.46. The Morgan fingerprint density at radius 2 is 1.86 bits per heavy atom. The molecule has 0 saturated carbocycles. The molecule has 0 N–H and O–H groups in total. The zero-order chi connectivity index (χ0) is 9.87. The highest BCUT2D eigenvalue weighted by atomic mass is 32.1. The Kier molecular flexibility index (Phi) is 1.68. The summed E-state index contributed by atoms with van der Waals surface area (Å²) < 4.78 is 0. The average molecular weight is 220 g/mol. The molecule has 0 nitrogen and oxygen atoms in total. The summed E-state index contributed by atoms with van der Waals surface area (Å²) in [6.45, 7) is 6.70. The normalized spacial score (nSPS) is 13.1. The molecule has 0 aliphatic heterocycles. The first kappa shape index (κ1) is 8.69. The molecular formula is C12H12S2. The van der Waals surface area contributed by atoms with Crippen molar-refractivity contribution in [3.63, 3.8) is 0 Å². The molecule has 1 aliphatic carbocycles. The van der Waals surface area contributed by atoms with Crippen molar-refractivity contribution >= 4 is 22.7 Å². The van der Waals surface area contributed by atoms with Gasteiger partial charge in [-0.3, -0.25) is 0 Å². The van der Waals surface area contributed by atoms with Crippen molar-refractivity contribution in [2.24, 2.45) is 0 Å². The Bertz CT molecular complexity index is 515. The number of fused-ring (bicyclic) bond motifs is 3. The van der Waals surface area contributed by atoms with E-state index in [1.807, 2.05) is 22.7 Å². The molecule has 0 spiro atoms. The van der Waals surface area contributed by atoms with Crippen LogP contribution in [0.2, 0.25) is 0 Å². The SMILES string of the molecule is Cc1cc2c(s1)-c1sc(C)c(C)c1C2. The molecule has 1 aliphatic rings. The highest BCUT2D eigenvalue weighted by Crippen LogP contribution is 2.48. The van der Waals surface area contributed by atoms with Gasteiger partial charge in [-0.2, -0.15) is 0 Å². The summed E-state index contributed by atoms with van der Waals surface area (Å²) >= 11 is 3.92. The zero-order valence-corrected chi connectivity index (χ0v) is 10.2. The van der Waals surface area contributed by atoms with Crippen molar-refractivity contribution in [1.82, 2.24) is 0 Å². The quantitative estimate of drug-likeness (QED) is 0.529. The van der Waals surface area contributed by atoms with Crippen LogP contribution in [0, 0.1) is 20.8 Å². The molecule has 0 amide bonds. The predicted octanol–water partition coefficient (Wildman–Crippen LogP) is 4.31. The third-order valence-corrected chi connectivity index (χ3v) is 5.52. The second-order valence-electron chi connectivity index (χ2n) is 3.98. The van der Waals surface area contributed by atoms with E-state index in [2.05, 4.69) is 26.8 Å². The van der Waals surface area contributed by atoms with Gasteiger partial charge >= 0.3 is 0 Å². The van der Waals surface area contributed by atoms with Crippen LogP contribution in [0.3, 0.4) is 0 Å². The number of hydrogen-bond acceptors (Lipinski definition) is 2. The lowest BCUT2D eigenvalue weighted by atomic mass is 10.1. The third-order valence-electron chi connectivity index (χ3n) is 3.02. The third kappa shape index (κ3) is 0.984. The van der Waals surface area contributed by atoms with Crippen LogP contribution in [0.4, 0.5) is 0 Å². The number of aryl methyl sites for hydroxylation is 2. The van der Waals surface area contributed by atoms with Gasteiger partial charge in [0.25, 0.3) is 0 Å². The number of rotatable bonds is 0. The summed E-state index contributed by atoms with van der Waals surface area (Å²) in [5, 5.41) is 0. The molecule has 0 atom stereocenters. The Morgan fingerprint density at radius 3 is 2.64 bits per heavy atom. The minimum atomic E-state index is 1.17. The fraction of sp³-hybridized carbons (Fsp3) is 0.333. The molecule has 14 heavy (non-hydrogen) atoms. The average Bonchev–Trinajstić information content (AvgIpc) is 2.69. The molecule has 0 unspecified atom stereocenters. The molecule has 3 rings (SSSR count). The van der Waals surface area contributed by atoms with Gasteiger partial charge in [0.1, 0.15) is 0 Å². The van der Waals surface area contributed by atoms with E-state index in [-0.39, 0.29) is 0 Å². The van der Waals surface area contributed by atoms with Crippen molar-refractivity contribution < 1.29 is 0 Å². The van der Waals surface area contributed by atoms with Crippen molar-refractivity contribution in [3.8, 4) is 9.75 Å². The molecule has 2 aromatic rings. The highest BCUT2D eigenvalue weighted by Gasteiger charge is 2.25. The smallest absolute Gasteiger partial charge is 0.0486 e. The Labute approximate surface area is 92.2 Å². The van der Waals surface area contributed by atoms with Crippen LogP contribution in [0.15, 0.2) is 6.07 Å². The first-order chi connectivity index (χ1) is 6.66. The van der Waals surface area contributed by atoms with E-state index < -0.39 is 0 Å². The van der Waals surface area contributed by atoms with Crippen molar-refractivity contribution in [3.05, 3.63) is 32.5 Å². The van der Waals surface area contributed by atoms with Gasteiger partial charge in [0, 0.05) is 25.9 Å². The Balaban J connectivity index is 2.29. The molecule has 2 heterocycles. The van der Waals surface area contributed by atoms with E-state index in [1.54, 1.807) is 20.9 Å². The van der Waals surface area contributed by atoms with Crippen molar-refractivity contribution in [2.45, 2.75) is 27.2 Å². The van der Waals surface area contributed by atoms with E-state index in [4.69, 9.17) is 0 Å². The number of thiophene rings is 2. The summed E-state index contributed by atoms with van der Waals surface area (Å²) in [5.41, 5.74) is 4.66. The topological polar surface area (TPSA) is 0 Å². The minimum Gasteiger partial charge on any atom is -0.139 e. The van der Waals surface area contributed by atoms with Crippen LogP contribution in [0.1, 0.15) is 26.4 Å². The van der Waals surface area contributed by atoms with Crippen LogP contribution in [-0.2, 0) is 6.42 Å². The van der Waals surface area contributed by atoms with Gasteiger partial charge in [0.15, 0.2) is 0 Å². The van der Waals surface area contributed by atoms with Gasteiger partial charge in [-0.05, 0) is 43.5 Å². The maximum Gasteiger partial charge on any atom is 0.0486 e. The zero-order valence-electron chi connectivity index (χ0n) is 8.60. The molecule has 2 heteroatoms. The minimum absolute atomic E-state index is 1.17. The molecule has 0 fully saturated rings.